The Morgan fingerprint density at radius 2 is 1.63 bits per heavy atom. The lowest BCUT2D eigenvalue weighted by Crippen LogP contribution is -2.55. The van der Waals surface area contributed by atoms with Crippen LogP contribution in [-0.2, 0) is 14.8 Å². The molecule has 2 aromatic carbocycles. The highest BCUT2D eigenvalue weighted by molar-refractivity contribution is 9.10. The number of rotatable bonds is 3. The number of nitrogens with zero attached hydrogens (tertiary/aromatic N) is 2. The fourth-order valence-corrected chi connectivity index (χ4v) is 6.70. The highest BCUT2D eigenvalue weighted by Gasteiger charge is 2.36. The van der Waals surface area contributed by atoms with Crippen LogP contribution in [0.5, 0.6) is 11.5 Å². The number of hydrogen-bond acceptors (Lipinski definition) is 5. The monoisotopic (exact) mass is 534 g/mol. The Morgan fingerprint density at radius 3 is 2.27 bits per heavy atom. The third-order valence-corrected chi connectivity index (χ3v) is 8.17. The van der Waals surface area contributed by atoms with Gasteiger partial charge in [-0.15, -0.1) is 0 Å². The Bertz CT molecular complexity index is 1070. The van der Waals surface area contributed by atoms with Gasteiger partial charge in [0.15, 0.2) is 11.5 Å². The molecule has 0 spiro atoms. The first kappa shape index (κ1) is 21.7. The summed E-state index contributed by atoms with van der Waals surface area (Å²) in [6, 6.07) is 10.1. The van der Waals surface area contributed by atoms with E-state index in [0.29, 0.717) is 16.0 Å². The minimum absolute atomic E-state index is 0.0410. The molecule has 1 atom stereocenters. The molecule has 1 unspecified atom stereocenters. The van der Waals surface area contributed by atoms with Gasteiger partial charge in [-0.3, -0.25) is 4.79 Å². The lowest BCUT2D eigenvalue weighted by atomic mass is 10.2. The van der Waals surface area contributed by atoms with Gasteiger partial charge >= 0.3 is 0 Å². The Hall–Kier alpha value is -1.52. The van der Waals surface area contributed by atoms with Gasteiger partial charge < -0.3 is 14.4 Å². The van der Waals surface area contributed by atoms with E-state index in [1.54, 1.807) is 23.1 Å². The summed E-state index contributed by atoms with van der Waals surface area (Å²) in [4.78, 5) is 14.3. The van der Waals surface area contributed by atoms with Crippen molar-refractivity contribution in [1.29, 1.82) is 0 Å². The van der Waals surface area contributed by atoms with E-state index in [9.17, 15) is 13.2 Å². The summed E-state index contributed by atoms with van der Waals surface area (Å²) in [6.07, 6.45) is -0.765. The van der Waals surface area contributed by atoms with Crippen molar-refractivity contribution in [3.8, 4) is 11.5 Å². The van der Waals surface area contributed by atoms with E-state index in [2.05, 4.69) is 15.9 Å². The Kier molecular flexibility index (Phi) is 6.18. The molecule has 1 amide bonds. The first-order valence-electron chi connectivity index (χ1n) is 9.09. The van der Waals surface area contributed by atoms with Crippen LogP contribution in [-0.4, -0.2) is 62.4 Å². The first-order chi connectivity index (χ1) is 14.3. The smallest absolute Gasteiger partial charge is 0.267 e. The minimum atomic E-state index is -3.90. The molecule has 0 aliphatic carbocycles. The van der Waals surface area contributed by atoms with Crippen LogP contribution in [0.3, 0.4) is 0 Å². The number of piperazine rings is 1. The van der Waals surface area contributed by atoms with Crippen molar-refractivity contribution in [1.82, 2.24) is 9.21 Å². The van der Waals surface area contributed by atoms with Crippen molar-refractivity contribution in [3.63, 3.8) is 0 Å². The number of ether oxygens (including phenoxy) is 2. The normalized spacial score (nSPS) is 19.6. The van der Waals surface area contributed by atoms with Crippen LogP contribution < -0.4 is 9.47 Å². The number of amides is 1. The van der Waals surface area contributed by atoms with Crippen LogP contribution in [0, 0.1) is 0 Å². The molecule has 1 saturated heterocycles. The van der Waals surface area contributed by atoms with E-state index in [0.717, 1.165) is 0 Å². The molecule has 0 saturated carbocycles. The van der Waals surface area contributed by atoms with E-state index in [-0.39, 0.29) is 53.6 Å². The molecule has 11 heteroatoms. The number of benzene rings is 2. The molecule has 0 N–H and O–H groups in total. The van der Waals surface area contributed by atoms with Gasteiger partial charge in [0.2, 0.25) is 16.1 Å². The molecule has 4 rings (SSSR count). The Labute approximate surface area is 192 Å². The van der Waals surface area contributed by atoms with Crippen LogP contribution in [0.25, 0.3) is 0 Å². The average molecular weight is 536 g/mol. The SMILES string of the molecule is O=C(C1COc2ccccc2O1)N1CCN(S(=O)(=O)c2c(Cl)cc(Br)cc2Cl)CC1. The number of sulfonamides is 1. The highest BCUT2D eigenvalue weighted by Crippen LogP contribution is 2.35. The predicted molar refractivity (Wildman–Crippen MR) is 116 cm³/mol. The summed E-state index contributed by atoms with van der Waals surface area (Å²) in [7, 11) is -3.90. The lowest BCUT2D eigenvalue weighted by Gasteiger charge is -2.36. The second-order valence-electron chi connectivity index (χ2n) is 6.79. The fourth-order valence-electron chi connectivity index (χ4n) is 3.40. The topological polar surface area (TPSA) is 76.2 Å². The molecule has 2 aromatic rings. The largest absolute Gasteiger partial charge is 0.485 e. The summed E-state index contributed by atoms with van der Waals surface area (Å²) in [6.45, 7) is 0.817. The molecule has 30 heavy (non-hydrogen) atoms. The molecular weight excluding hydrogens is 519 g/mol. The van der Waals surface area contributed by atoms with Gasteiger partial charge in [-0.05, 0) is 24.3 Å². The fraction of sp³-hybridized carbons (Fsp3) is 0.316. The van der Waals surface area contributed by atoms with Crippen LogP contribution >= 0.6 is 39.1 Å². The summed E-state index contributed by atoms with van der Waals surface area (Å²) in [5.74, 6) is 0.879. The van der Waals surface area contributed by atoms with Crippen LogP contribution in [0.15, 0.2) is 45.8 Å². The molecule has 2 aliphatic rings. The van der Waals surface area contributed by atoms with Crippen LogP contribution in [0.1, 0.15) is 0 Å². The number of carbonyl (C=O) groups excluding carboxylic acids is 1. The van der Waals surface area contributed by atoms with Crippen LogP contribution in [0.2, 0.25) is 10.0 Å². The maximum atomic E-state index is 13.0. The zero-order chi connectivity index (χ0) is 21.5. The summed E-state index contributed by atoms with van der Waals surface area (Å²) >= 11 is 15.5. The maximum absolute atomic E-state index is 13.0. The quantitative estimate of drug-likeness (QED) is 0.602. The first-order valence-corrected chi connectivity index (χ1v) is 12.1. The van der Waals surface area contributed by atoms with Gasteiger partial charge in [0.25, 0.3) is 5.91 Å². The van der Waals surface area contributed by atoms with Gasteiger partial charge in [-0.1, -0.05) is 51.3 Å². The Morgan fingerprint density at radius 1 is 1.03 bits per heavy atom. The lowest BCUT2D eigenvalue weighted by molar-refractivity contribution is -0.142. The van der Waals surface area contributed by atoms with Crippen molar-refractivity contribution < 1.29 is 22.7 Å². The molecular formula is C19H17BrCl2N2O5S. The second kappa shape index (κ2) is 8.55. The van der Waals surface area contributed by atoms with Gasteiger partial charge in [-0.2, -0.15) is 4.31 Å². The number of carbonyl (C=O) groups is 1. The molecule has 160 valence electrons. The zero-order valence-corrected chi connectivity index (χ0v) is 19.5. The number of halogens is 3. The van der Waals surface area contributed by atoms with E-state index in [1.165, 1.54) is 16.4 Å². The zero-order valence-electron chi connectivity index (χ0n) is 15.6. The minimum Gasteiger partial charge on any atom is -0.485 e. The molecule has 0 bridgehead atoms. The Balaban J connectivity index is 1.43. The predicted octanol–water partition coefficient (Wildman–Crippen LogP) is 3.43. The number of hydrogen-bond donors (Lipinski definition) is 0. The summed E-state index contributed by atoms with van der Waals surface area (Å²) in [5.41, 5.74) is 0. The van der Waals surface area contributed by atoms with E-state index < -0.39 is 16.1 Å². The molecule has 2 heterocycles. The van der Waals surface area contributed by atoms with Crippen LogP contribution in [0.4, 0.5) is 0 Å². The van der Waals surface area contributed by atoms with Gasteiger partial charge in [0.1, 0.15) is 11.5 Å². The molecule has 1 fully saturated rings. The molecule has 0 aromatic heterocycles. The third-order valence-electron chi connectivity index (χ3n) is 4.90. The average Bonchev–Trinajstić information content (AvgIpc) is 2.72. The van der Waals surface area contributed by atoms with Gasteiger partial charge in [-0.25, -0.2) is 8.42 Å². The van der Waals surface area contributed by atoms with Gasteiger partial charge in [0, 0.05) is 30.7 Å². The third kappa shape index (κ3) is 4.13. The van der Waals surface area contributed by atoms with Crippen molar-refractivity contribution in [2.75, 3.05) is 32.8 Å². The van der Waals surface area contributed by atoms with E-state index in [1.807, 2.05) is 6.07 Å². The summed E-state index contributed by atoms with van der Waals surface area (Å²) in [5, 5.41) is 0.0820. The standard InChI is InChI=1S/C19H17BrCl2N2O5S/c20-12-9-13(21)18(14(22)10-12)30(26,27)24-7-5-23(6-8-24)19(25)17-11-28-15-3-1-2-4-16(15)29-17/h1-4,9-10,17H,5-8,11H2. The highest BCUT2D eigenvalue weighted by atomic mass is 79.9. The number of para-hydroxylation sites is 2. The van der Waals surface area contributed by atoms with E-state index >= 15 is 0 Å². The van der Waals surface area contributed by atoms with Crippen molar-refractivity contribution >= 4 is 55.1 Å². The molecule has 7 nitrogen and oxygen atoms in total. The maximum Gasteiger partial charge on any atom is 0.267 e. The summed E-state index contributed by atoms with van der Waals surface area (Å²) < 4.78 is 39.3. The second-order valence-corrected chi connectivity index (χ2v) is 10.4. The number of fused-ring (bicyclic) bond motifs is 1. The van der Waals surface area contributed by atoms with Crippen molar-refractivity contribution in [2.45, 2.75) is 11.0 Å². The van der Waals surface area contributed by atoms with Crippen molar-refractivity contribution in [2.24, 2.45) is 0 Å². The molecule has 0 radical (unpaired) electrons. The van der Waals surface area contributed by atoms with E-state index in [4.69, 9.17) is 32.7 Å². The van der Waals surface area contributed by atoms with Crippen molar-refractivity contribution in [3.05, 3.63) is 50.9 Å². The molecule has 2 aliphatic heterocycles. The van der Waals surface area contributed by atoms with Gasteiger partial charge in [0.05, 0.1) is 10.0 Å².